The molecule has 0 unspecified atom stereocenters. The molecule has 138 valence electrons. The number of carbonyl (C=O) groups is 1. The smallest absolute Gasteiger partial charge is 0.239 e. The fraction of sp³-hybridized carbons (Fsp3) is 0.238. The van der Waals surface area contributed by atoms with E-state index >= 15 is 0 Å². The van der Waals surface area contributed by atoms with E-state index in [0.29, 0.717) is 13.1 Å². The monoisotopic (exact) mass is 362 g/mol. The molecule has 6 nitrogen and oxygen atoms in total. The molecular formula is C21H22N4O2. The van der Waals surface area contributed by atoms with Crippen molar-refractivity contribution < 1.29 is 9.53 Å². The van der Waals surface area contributed by atoms with Crippen LogP contribution in [-0.2, 0) is 17.8 Å². The molecule has 0 spiro atoms. The number of ether oxygens (including phenoxy) is 1. The number of aromatic amines is 1. The molecule has 4 rings (SSSR count). The minimum Gasteiger partial charge on any atom is -0.496 e. The molecule has 6 heteroatoms. The van der Waals surface area contributed by atoms with Gasteiger partial charge in [-0.25, -0.2) is 4.98 Å². The molecule has 0 radical (unpaired) electrons. The van der Waals surface area contributed by atoms with Gasteiger partial charge in [0.15, 0.2) is 0 Å². The van der Waals surface area contributed by atoms with Crippen molar-refractivity contribution in [1.82, 2.24) is 19.9 Å². The first-order valence-electron chi connectivity index (χ1n) is 9.07. The zero-order valence-corrected chi connectivity index (χ0v) is 15.2. The number of nitrogens with one attached hydrogen (secondary N) is 2. The topological polar surface area (TPSA) is 71.9 Å². The van der Waals surface area contributed by atoms with Crippen LogP contribution in [0.5, 0.6) is 5.75 Å². The van der Waals surface area contributed by atoms with Gasteiger partial charge < -0.3 is 19.6 Å². The van der Waals surface area contributed by atoms with Crippen LogP contribution < -0.4 is 10.1 Å². The van der Waals surface area contributed by atoms with Crippen molar-refractivity contribution in [3.05, 3.63) is 60.6 Å². The van der Waals surface area contributed by atoms with Gasteiger partial charge in [0.05, 0.1) is 23.7 Å². The Balaban J connectivity index is 1.30. The van der Waals surface area contributed by atoms with Crippen molar-refractivity contribution in [2.45, 2.75) is 19.4 Å². The standard InChI is InChI=1S/C21H22N4O2/c1-27-19-9-4-8-18-15(19)11-13-25(18)14-21(26)22-12-5-10-20-23-16-6-2-3-7-17(16)24-20/h2-4,6-9,11,13H,5,10,12,14H2,1H3,(H,22,26)(H,23,24). The van der Waals surface area contributed by atoms with Crippen LogP contribution >= 0.6 is 0 Å². The molecule has 0 atom stereocenters. The Labute approximate surface area is 157 Å². The molecule has 0 bridgehead atoms. The van der Waals surface area contributed by atoms with Crippen molar-refractivity contribution in [1.29, 1.82) is 0 Å². The fourth-order valence-corrected chi connectivity index (χ4v) is 3.33. The maximum Gasteiger partial charge on any atom is 0.239 e. The van der Waals surface area contributed by atoms with Crippen LogP contribution in [-0.4, -0.2) is 34.1 Å². The average Bonchev–Trinajstić information content (AvgIpc) is 3.29. The van der Waals surface area contributed by atoms with E-state index in [0.717, 1.165) is 46.4 Å². The third-order valence-corrected chi connectivity index (χ3v) is 4.66. The first-order valence-corrected chi connectivity index (χ1v) is 9.07. The second-order valence-corrected chi connectivity index (χ2v) is 6.49. The largest absolute Gasteiger partial charge is 0.496 e. The molecule has 1 amide bonds. The predicted molar refractivity (Wildman–Crippen MR) is 106 cm³/mol. The number of nitrogens with zero attached hydrogens (tertiary/aromatic N) is 2. The van der Waals surface area contributed by atoms with E-state index in [1.165, 1.54) is 0 Å². The van der Waals surface area contributed by atoms with Gasteiger partial charge in [0, 0.05) is 24.5 Å². The minimum absolute atomic E-state index is 0.0000686. The summed E-state index contributed by atoms with van der Waals surface area (Å²) in [6.45, 7) is 0.916. The zero-order chi connectivity index (χ0) is 18.6. The number of methoxy groups -OCH3 is 1. The number of carbonyl (C=O) groups excluding carboxylic acids is 1. The molecule has 0 aliphatic carbocycles. The second-order valence-electron chi connectivity index (χ2n) is 6.49. The van der Waals surface area contributed by atoms with Crippen LogP contribution in [0, 0.1) is 0 Å². The number of rotatable bonds is 7. The van der Waals surface area contributed by atoms with Gasteiger partial charge in [-0.1, -0.05) is 18.2 Å². The van der Waals surface area contributed by atoms with Gasteiger partial charge in [0.25, 0.3) is 0 Å². The van der Waals surface area contributed by atoms with Crippen LogP contribution in [0.4, 0.5) is 0 Å². The third-order valence-electron chi connectivity index (χ3n) is 4.66. The SMILES string of the molecule is COc1cccc2c1ccn2CC(=O)NCCCc1nc2ccccc2[nH]1. The van der Waals surface area contributed by atoms with E-state index in [9.17, 15) is 4.79 Å². The number of amides is 1. The Morgan fingerprint density at radius 2 is 2.07 bits per heavy atom. The summed E-state index contributed by atoms with van der Waals surface area (Å²) in [5, 5.41) is 4.00. The van der Waals surface area contributed by atoms with Gasteiger partial charge in [0.2, 0.25) is 5.91 Å². The first-order chi connectivity index (χ1) is 13.2. The number of hydrogen-bond donors (Lipinski definition) is 2. The molecule has 2 heterocycles. The third kappa shape index (κ3) is 3.65. The van der Waals surface area contributed by atoms with Crippen LogP contribution in [0.1, 0.15) is 12.2 Å². The lowest BCUT2D eigenvalue weighted by atomic mass is 10.2. The highest BCUT2D eigenvalue weighted by atomic mass is 16.5. The van der Waals surface area contributed by atoms with E-state index in [1.807, 2.05) is 59.3 Å². The number of fused-ring (bicyclic) bond motifs is 2. The molecule has 0 aliphatic heterocycles. The number of aromatic nitrogens is 3. The van der Waals surface area contributed by atoms with E-state index in [-0.39, 0.29) is 5.91 Å². The molecule has 2 N–H and O–H groups in total. The lowest BCUT2D eigenvalue weighted by Gasteiger charge is -2.08. The number of para-hydroxylation sites is 2. The first kappa shape index (κ1) is 17.1. The van der Waals surface area contributed by atoms with Gasteiger partial charge in [-0.3, -0.25) is 4.79 Å². The number of H-pyrrole nitrogens is 1. The zero-order valence-electron chi connectivity index (χ0n) is 15.2. The number of aryl methyl sites for hydroxylation is 1. The molecule has 0 fully saturated rings. The maximum atomic E-state index is 12.3. The Bertz CT molecular complexity index is 1050. The number of hydrogen-bond acceptors (Lipinski definition) is 3. The molecule has 0 aliphatic rings. The highest BCUT2D eigenvalue weighted by Gasteiger charge is 2.09. The predicted octanol–water partition coefficient (Wildman–Crippen LogP) is 3.28. The lowest BCUT2D eigenvalue weighted by Crippen LogP contribution is -2.28. The van der Waals surface area contributed by atoms with Gasteiger partial charge in [-0.15, -0.1) is 0 Å². The molecule has 27 heavy (non-hydrogen) atoms. The normalized spacial score (nSPS) is 11.1. The summed E-state index contributed by atoms with van der Waals surface area (Å²) in [5.41, 5.74) is 3.02. The van der Waals surface area contributed by atoms with Crippen molar-refractivity contribution >= 4 is 27.8 Å². The Morgan fingerprint density at radius 3 is 2.93 bits per heavy atom. The van der Waals surface area contributed by atoms with Crippen molar-refractivity contribution in [2.75, 3.05) is 13.7 Å². The van der Waals surface area contributed by atoms with E-state index < -0.39 is 0 Å². The Kier molecular flexibility index (Phi) is 4.78. The molecule has 2 aromatic heterocycles. The Morgan fingerprint density at radius 1 is 1.19 bits per heavy atom. The lowest BCUT2D eigenvalue weighted by molar-refractivity contribution is -0.121. The van der Waals surface area contributed by atoms with Gasteiger partial charge in [-0.05, 0) is 36.8 Å². The molecule has 0 saturated heterocycles. The Hall–Kier alpha value is -3.28. The minimum atomic E-state index is -0.0000686. The van der Waals surface area contributed by atoms with Crippen LogP contribution in [0.25, 0.3) is 21.9 Å². The van der Waals surface area contributed by atoms with Crippen LogP contribution in [0.3, 0.4) is 0 Å². The fourth-order valence-electron chi connectivity index (χ4n) is 3.33. The molecule has 0 saturated carbocycles. The second kappa shape index (κ2) is 7.53. The summed E-state index contributed by atoms with van der Waals surface area (Å²) in [6.07, 6.45) is 3.56. The van der Waals surface area contributed by atoms with E-state index in [1.54, 1.807) is 7.11 Å². The summed E-state index contributed by atoms with van der Waals surface area (Å²) in [5.74, 6) is 1.77. The number of benzene rings is 2. The van der Waals surface area contributed by atoms with Gasteiger partial charge in [0.1, 0.15) is 18.1 Å². The molecular weight excluding hydrogens is 340 g/mol. The summed E-state index contributed by atoms with van der Waals surface area (Å²) in [6, 6.07) is 15.8. The maximum absolute atomic E-state index is 12.3. The van der Waals surface area contributed by atoms with Crippen molar-refractivity contribution in [3.8, 4) is 5.75 Å². The summed E-state index contributed by atoms with van der Waals surface area (Å²) < 4.78 is 7.30. The van der Waals surface area contributed by atoms with Gasteiger partial charge >= 0.3 is 0 Å². The summed E-state index contributed by atoms with van der Waals surface area (Å²) in [4.78, 5) is 20.1. The van der Waals surface area contributed by atoms with E-state index in [4.69, 9.17) is 4.74 Å². The van der Waals surface area contributed by atoms with Crippen LogP contribution in [0.15, 0.2) is 54.7 Å². The number of imidazole rings is 1. The highest BCUT2D eigenvalue weighted by molar-refractivity contribution is 5.88. The van der Waals surface area contributed by atoms with Crippen molar-refractivity contribution in [2.24, 2.45) is 0 Å². The summed E-state index contributed by atoms with van der Waals surface area (Å²) in [7, 11) is 1.65. The molecule has 2 aromatic carbocycles. The van der Waals surface area contributed by atoms with Crippen molar-refractivity contribution in [3.63, 3.8) is 0 Å². The average molecular weight is 362 g/mol. The summed E-state index contributed by atoms with van der Waals surface area (Å²) >= 11 is 0. The quantitative estimate of drug-likeness (QED) is 0.496. The highest BCUT2D eigenvalue weighted by Crippen LogP contribution is 2.26. The van der Waals surface area contributed by atoms with Gasteiger partial charge in [-0.2, -0.15) is 0 Å². The molecule has 4 aromatic rings. The van der Waals surface area contributed by atoms with E-state index in [2.05, 4.69) is 15.3 Å². The van der Waals surface area contributed by atoms with Crippen LogP contribution in [0.2, 0.25) is 0 Å².